The Balaban J connectivity index is 2.43. The molecule has 0 saturated carbocycles. The number of thiazole rings is 1. The quantitative estimate of drug-likeness (QED) is 0.809. The number of aromatic nitrogens is 1. The van der Waals surface area contributed by atoms with Crippen LogP contribution >= 0.6 is 11.3 Å². The summed E-state index contributed by atoms with van der Waals surface area (Å²) < 4.78 is 0. The van der Waals surface area contributed by atoms with Gasteiger partial charge in [0, 0.05) is 25.0 Å². The molecule has 1 heterocycles. The van der Waals surface area contributed by atoms with Gasteiger partial charge < -0.3 is 10.6 Å². The highest BCUT2D eigenvalue weighted by molar-refractivity contribution is 7.09. The first-order valence-electron chi connectivity index (χ1n) is 4.93. The molecule has 0 radical (unpaired) electrons. The van der Waals surface area contributed by atoms with Crippen LogP contribution in [0.1, 0.15) is 24.5 Å². The van der Waals surface area contributed by atoms with E-state index in [4.69, 9.17) is 5.73 Å². The summed E-state index contributed by atoms with van der Waals surface area (Å²) in [5.41, 5.74) is 6.65. The van der Waals surface area contributed by atoms with E-state index in [1.54, 1.807) is 11.3 Å². The molecule has 4 heteroatoms. The van der Waals surface area contributed by atoms with Gasteiger partial charge in [-0.1, -0.05) is 13.8 Å². The van der Waals surface area contributed by atoms with Crippen LogP contribution < -0.4 is 5.73 Å². The van der Waals surface area contributed by atoms with E-state index in [9.17, 15) is 0 Å². The van der Waals surface area contributed by atoms with Gasteiger partial charge in [-0.25, -0.2) is 4.98 Å². The lowest BCUT2D eigenvalue weighted by atomic mass is 10.2. The van der Waals surface area contributed by atoms with E-state index < -0.39 is 0 Å². The Morgan fingerprint density at radius 3 is 2.79 bits per heavy atom. The lowest BCUT2D eigenvalue weighted by molar-refractivity contribution is 0.285. The summed E-state index contributed by atoms with van der Waals surface area (Å²) in [6, 6.07) is 0. The average Bonchev–Trinajstić information content (AvgIpc) is 2.50. The summed E-state index contributed by atoms with van der Waals surface area (Å²) in [4.78, 5) is 6.72. The molecule has 0 aliphatic heterocycles. The third kappa shape index (κ3) is 3.74. The van der Waals surface area contributed by atoms with Gasteiger partial charge in [0.15, 0.2) is 0 Å². The molecule has 0 aliphatic rings. The van der Waals surface area contributed by atoms with Gasteiger partial charge in [0.25, 0.3) is 0 Å². The Morgan fingerprint density at radius 1 is 1.57 bits per heavy atom. The monoisotopic (exact) mass is 213 g/mol. The third-order valence-electron chi connectivity index (χ3n) is 1.88. The van der Waals surface area contributed by atoms with Crippen molar-refractivity contribution in [1.82, 2.24) is 9.88 Å². The Kier molecular flexibility index (Phi) is 4.51. The zero-order valence-electron chi connectivity index (χ0n) is 9.16. The lowest BCUT2D eigenvalue weighted by Gasteiger charge is -2.17. The average molecular weight is 213 g/mol. The Labute approximate surface area is 89.9 Å². The van der Waals surface area contributed by atoms with Gasteiger partial charge in [-0.2, -0.15) is 0 Å². The maximum absolute atomic E-state index is 5.51. The van der Waals surface area contributed by atoms with Crippen molar-refractivity contribution in [1.29, 1.82) is 0 Å². The molecule has 0 unspecified atom stereocenters. The van der Waals surface area contributed by atoms with Gasteiger partial charge in [-0.05, 0) is 13.0 Å². The maximum Gasteiger partial charge on any atom is 0.106 e. The Bertz CT molecular complexity index is 270. The predicted octanol–water partition coefficient (Wildman–Crippen LogP) is 1.69. The first-order chi connectivity index (χ1) is 6.61. The van der Waals surface area contributed by atoms with E-state index >= 15 is 0 Å². The lowest BCUT2D eigenvalue weighted by Crippen LogP contribution is -2.22. The van der Waals surface area contributed by atoms with Crippen LogP contribution in [0.2, 0.25) is 0 Å². The van der Waals surface area contributed by atoms with Crippen molar-refractivity contribution < 1.29 is 0 Å². The first-order valence-corrected chi connectivity index (χ1v) is 5.81. The number of hydrogen-bond donors (Lipinski definition) is 1. The SMILES string of the molecule is CC(C)CN(C)Cc1csc(CN)n1. The fraction of sp³-hybridized carbons (Fsp3) is 0.700. The molecular formula is C10H19N3S. The summed E-state index contributed by atoms with van der Waals surface area (Å²) in [5.74, 6) is 0.701. The molecule has 3 nitrogen and oxygen atoms in total. The molecule has 14 heavy (non-hydrogen) atoms. The second kappa shape index (κ2) is 5.44. The molecule has 0 spiro atoms. The van der Waals surface area contributed by atoms with Crippen LogP contribution in [0.25, 0.3) is 0 Å². The summed E-state index contributed by atoms with van der Waals surface area (Å²) in [7, 11) is 2.13. The van der Waals surface area contributed by atoms with E-state index in [-0.39, 0.29) is 0 Å². The van der Waals surface area contributed by atoms with Crippen molar-refractivity contribution >= 4 is 11.3 Å². The largest absolute Gasteiger partial charge is 0.325 e. The second-order valence-electron chi connectivity index (χ2n) is 4.03. The molecular weight excluding hydrogens is 194 g/mol. The maximum atomic E-state index is 5.51. The van der Waals surface area contributed by atoms with Gasteiger partial charge in [0.05, 0.1) is 5.69 Å². The summed E-state index contributed by atoms with van der Waals surface area (Å²) in [5, 5.41) is 3.12. The van der Waals surface area contributed by atoms with Crippen molar-refractivity contribution in [2.24, 2.45) is 11.7 Å². The molecule has 0 fully saturated rings. The van der Waals surface area contributed by atoms with Crippen molar-refractivity contribution in [3.05, 3.63) is 16.1 Å². The molecule has 2 N–H and O–H groups in total. The molecule has 0 aliphatic carbocycles. The highest BCUT2D eigenvalue weighted by atomic mass is 32.1. The molecule has 1 aromatic rings. The van der Waals surface area contributed by atoms with E-state index in [0.29, 0.717) is 12.5 Å². The van der Waals surface area contributed by atoms with E-state index in [0.717, 1.165) is 23.8 Å². The molecule has 0 amide bonds. The Hall–Kier alpha value is -0.450. The van der Waals surface area contributed by atoms with Crippen molar-refractivity contribution in [3.8, 4) is 0 Å². The van der Waals surface area contributed by atoms with Gasteiger partial charge in [-0.15, -0.1) is 11.3 Å². The topological polar surface area (TPSA) is 42.1 Å². The van der Waals surface area contributed by atoms with Crippen LogP contribution in [0, 0.1) is 5.92 Å². The standard InChI is InChI=1S/C10H19N3S/c1-8(2)5-13(3)6-9-7-14-10(4-11)12-9/h7-8H,4-6,11H2,1-3H3. The molecule has 0 bridgehead atoms. The van der Waals surface area contributed by atoms with E-state index in [1.165, 1.54) is 0 Å². The van der Waals surface area contributed by atoms with Crippen LogP contribution in [0.4, 0.5) is 0 Å². The minimum atomic E-state index is 0.554. The highest BCUT2D eigenvalue weighted by Crippen LogP contribution is 2.11. The zero-order valence-corrected chi connectivity index (χ0v) is 9.97. The van der Waals surface area contributed by atoms with Gasteiger partial charge >= 0.3 is 0 Å². The number of nitrogens with zero attached hydrogens (tertiary/aromatic N) is 2. The first kappa shape index (κ1) is 11.6. The minimum absolute atomic E-state index is 0.554. The predicted molar refractivity (Wildman–Crippen MR) is 61.2 cm³/mol. The van der Waals surface area contributed by atoms with Crippen molar-refractivity contribution in [2.75, 3.05) is 13.6 Å². The van der Waals surface area contributed by atoms with E-state index in [2.05, 4.69) is 36.2 Å². The molecule has 1 aromatic heterocycles. The summed E-state index contributed by atoms with van der Waals surface area (Å²) >= 11 is 1.65. The molecule has 0 saturated heterocycles. The van der Waals surface area contributed by atoms with Crippen molar-refractivity contribution in [2.45, 2.75) is 26.9 Å². The fourth-order valence-electron chi connectivity index (χ4n) is 1.48. The highest BCUT2D eigenvalue weighted by Gasteiger charge is 2.05. The second-order valence-corrected chi connectivity index (χ2v) is 4.97. The van der Waals surface area contributed by atoms with Crippen LogP contribution in [0.15, 0.2) is 5.38 Å². The fourth-order valence-corrected chi connectivity index (χ4v) is 2.15. The van der Waals surface area contributed by atoms with Gasteiger partial charge in [0.2, 0.25) is 0 Å². The van der Waals surface area contributed by atoms with E-state index in [1.807, 2.05) is 0 Å². The summed E-state index contributed by atoms with van der Waals surface area (Å²) in [6.45, 7) is 7.04. The van der Waals surface area contributed by atoms with Crippen LogP contribution in [0.5, 0.6) is 0 Å². The third-order valence-corrected chi connectivity index (χ3v) is 2.80. The summed E-state index contributed by atoms with van der Waals surface area (Å²) in [6.07, 6.45) is 0. The van der Waals surface area contributed by atoms with Crippen LogP contribution in [-0.4, -0.2) is 23.5 Å². The minimum Gasteiger partial charge on any atom is -0.325 e. The number of rotatable bonds is 5. The van der Waals surface area contributed by atoms with Crippen LogP contribution in [0.3, 0.4) is 0 Å². The van der Waals surface area contributed by atoms with Gasteiger partial charge in [-0.3, -0.25) is 0 Å². The smallest absolute Gasteiger partial charge is 0.106 e. The molecule has 0 aromatic carbocycles. The normalized spacial score (nSPS) is 11.6. The van der Waals surface area contributed by atoms with Crippen LogP contribution in [-0.2, 0) is 13.1 Å². The van der Waals surface area contributed by atoms with Gasteiger partial charge in [0.1, 0.15) is 5.01 Å². The number of nitrogens with two attached hydrogens (primary N) is 1. The molecule has 80 valence electrons. The molecule has 0 atom stereocenters. The Morgan fingerprint density at radius 2 is 2.29 bits per heavy atom. The number of hydrogen-bond acceptors (Lipinski definition) is 4. The molecule has 1 rings (SSSR count). The zero-order chi connectivity index (χ0) is 10.6. The van der Waals surface area contributed by atoms with Crippen molar-refractivity contribution in [3.63, 3.8) is 0 Å².